The molecule has 0 spiro atoms. The van der Waals surface area contributed by atoms with Gasteiger partial charge in [0.15, 0.2) is 11.5 Å². The molecule has 1 aromatic carbocycles. The number of aryl methyl sites for hydroxylation is 1. The quantitative estimate of drug-likeness (QED) is 0.469. The van der Waals surface area contributed by atoms with Crippen LogP contribution in [0.15, 0.2) is 34.4 Å². The number of fused-ring (bicyclic) bond motifs is 3. The van der Waals surface area contributed by atoms with E-state index in [1.807, 2.05) is 0 Å². The van der Waals surface area contributed by atoms with Gasteiger partial charge in [0.2, 0.25) is 0 Å². The average molecular weight is 441 g/mol. The largest absolute Gasteiger partial charge is 0.504 e. The zero-order valence-corrected chi connectivity index (χ0v) is 18.4. The summed E-state index contributed by atoms with van der Waals surface area (Å²) in [6, 6.07) is 3.94. The molecule has 0 fully saturated rings. The number of carbonyl (C=O) groups excluding carboxylic acids is 1. The number of hydrazone groups is 1. The predicted molar refractivity (Wildman–Crippen MR) is 120 cm³/mol. The molecule has 2 heterocycles. The number of nitrogens with zero attached hydrogens (tertiary/aromatic N) is 3. The van der Waals surface area contributed by atoms with Gasteiger partial charge < -0.3 is 9.84 Å². The molecular weight excluding hydrogens is 416 g/mol. The van der Waals surface area contributed by atoms with Crippen LogP contribution in [0.3, 0.4) is 0 Å². The van der Waals surface area contributed by atoms with Crippen LogP contribution in [0.2, 0.25) is 0 Å². The molecule has 0 saturated heterocycles. The molecule has 2 N–H and O–H groups in total. The summed E-state index contributed by atoms with van der Waals surface area (Å²) < 4.78 is 6.42. The third-order valence-corrected chi connectivity index (χ3v) is 6.79. The van der Waals surface area contributed by atoms with Crippen molar-refractivity contribution in [3.63, 3.8) is 0 Å². The Hall–Kier alpha value is -3.20. The van der Waals surface area contributed by atoms with Crippen LogP contribution >= 0.6 is 11.3 Å². The number of hydrogen-bond acceptors (Lipinski definition) is 7. The van der Waals surface area contributed by atoms with Crippen molar-refractivity contribution in [2.24, 2.45) is 11.0 Å². The van der Waals surface area contributed by atoms with Crippen LogP contribution in [-0.4, -0.2) is 33.9 Å². The van der Waals surface area contributed by atoms with Crippen molar-refractivity contribution in [3.8, 4) is 11.5 Å². The summed E-state index contributed by atoms with van der Waals surface area (Å²) in [7, 11) is 1.45. The first-order chi connectivity index (χ1) is 14.9. The summed E-state index contributed by atoms with van der Waals surface area (Å²) in [5, 5.41) is 14.2. The monoisotopic (exact) mass is 440 g/mol. The van der Waals surface area contributed by atoms with Crippen LogP contribution in [0.4, 0.5) is 0 Å². The van der Waals surface area contributed by atoms with E-state index in [1.165, 1.54) is 35.2 Å². The third kappa shape index (κ3) is 4.05. The normalized spacial score (nSPS) is 16.9. The number of carbonyl (C=O) groups is 1. The van der Waals surface area contributed by atoms with E-state index in [4.69, 9.17) is 4.74 Å². The number of phenolic OH excluding ortho intramolecular Hbond substituents is 1. The second-order valence-electron chi connectivity index (χ2n) is 7.83. The predicted octanol–water partition coefficient (Wildman–Crippen LogP) is 3.01. The zero-order chi connectivity index (χ0) is 22.1. The maximum atomic E-state index is 13.2. The van der Waals surface area contributed by atoms with Crippen LogP contribution in [0.5, 0.6) is 11.5 Å². The molecule has 9 heteroatoms. The molecule has 2 aromatic heterocycles. The molecule has 1 aliphatic carbocycles. The molecule has 2 atom stereocenters. The number of aromatic hydroxyl groups is 1. The Balaban J connectivity index is 1.54. The molecule has 1 aliphatic rings. The molecule has 0 unspecified atom stereocenters. The highest BCUT2D eigenvalue weighted by atomic mass is 32.1. The highest BCUT2D eigenvalue weighted by Gasteiger charge is 2.25. The number of hydrogen-bond donors (Lipinski definition) is 2. The van der Waals surface area contributed by atoms with Crippen molar-refractivity contribution in [1.82, 2.24) is 15.0 Å². The Morgan fingerprint density at radius 1 is 1.48 bits per heavy atom. The maximum absolute atomic E-state index is 13.2. The summed E-state index contributed by atoms with van der Waals surface area (Å²) in [5.41, 5.74) is 4.01. The summed E-state index contributed by atoms with van der Waals surface area (Å²) in [4.78, 5) is 32.2. The number of thiophene rings is 1. The molecule has 8 nitrogen and oxygen atoms in total. The van der Waals surface area contributed by atoms with Crippen LogP contribution in [-0.2, 0) is 17.6 Å². The van der Waals surface area contributed by atoms with Crippen molar-refractivity contribution >= 4 is 33.7 Å². The van der Waals surface area contributed by atoms with Gasteiger partial charge in [0.05, 0.1) is 25.0 Å². The molecule has 31 heavy (non-hydrogen) atoms. The minimum atomic E-state index is -0.769. The first-order valence-corrected chi connectivity index (χ1v) is 10.9. The van der Waals surface area contributed by atoms with Crippen molar-refractivity contribution in [2.75, 3.05) is 7.11 Å². The summed E-state index contributed by atoms with van der Waals surface area (Å²) >= 11 is 1.59. The van der Waals surface area contributed by atoms with Crippen LogP contribution < -0.4 is 15.7 Å². The van der Waals surface area contributed by atoms with Gasteiger partial charge in [0.1, 0.15) is 10.9 Å². The molecule has 162 valence electrons. The van der Waals surface area contributed by atoms with Crippen molar-refractivity contribution in [3.05, 3.63) is 50.9 Å². The highest BCUT2D eigenvalue weighted by Crippen LogP contribution is 2.35. The minimum absolute atomic E-state index is 0.0182. The van der Waals surface area contributed by atoms with E-state index < -0.39 is 11.9 Å². The van der Waals surface area contributed by atoms with E-state index in [9.17, 15) is 14.7 Å². The minimum Gasteiger partial charge on any atom is -0.504 e. The van der Waals surface area contributed by atoms with Crippen LogP contribution in [0.25, 0.3) is 10.2 Å². The van der Waals surface area contributed by atoms with Crippen LogP contribution in [0.1, 0.15) is 42.3 Å². The van der Waals surface area contributed by atoms with Gasteiger partial charge in [0, 0.05) is 4.88 Å². The number of methoxy groups -OCH3 is 1. The standard InChI is InChI=1S/C22H24N4O4S/c1-12-4-6-15-18(8-12)31-21-19(15)22(29)26(11-23-21)13(2)20(28)25-24-10-14-5-7-16(27)17(9-14)30-3/h5,7,9-13,27H,4,6,8H2,1-3H3,(H,25,28)/b24-10+/t12-,13-/m1/s1. The Bertz CT molecular complexity index is 1230. The fourth-order valence-corrected chi connectivity index (χ4v) is 5.13. The van der Waals surface area contributed by atoms with E-state index in [-0.39, 0.29) is 11.3 Å². The van der Waals surface area contributed by atoms with Crippen LogP contribution in [0, 0.1) is 5.92 Å². The number of ether oxygens (including phenoxy) is 1. The van der Waals surface area contributed by atoms with Crippen molar-refractivity contribution in [2.45, 2.75) is 39.2 Å². The first-order valence-electron chi connectivity index (χ1n) is 10.1. The molecule has 0 bridgehead atoms. The second-order valence-corrected chi connectivity index (χ2v) is 8.91. The van der Waals surface area contributed by atoms with Gasteiger partial charge in [-0.15, -0.1) is 11.3 Å². The fourth-order valence-electron chi connectivity index (χ4n) is 3.78. The molecular formula is C22H24N4O4S. The molecule has 0 saturated carbocycles. The van der Waals surface area contributed by atoms with Gasteiger partial charge in [0.25, 0.3) is 11.5 Å². The van der Waals surface area contributed by atoms with E-state index >= 15 is 0 Å². The highest BCUT2D eigenvalue weighted by molar-refractivity contribution is 7.18. The molecule has 4 rings (SSSR count). The zero-order valence-electron chi connectivity index (χ0n) is 17.6. The second kappa shape index (κ2) is 8.50. The lowest BCUT2D eigenvalue weighted by Crippen LogP contribution is -2.34. The van der Waals surface area contributed by atoms with Gasteiger partial charge in [-0.1, -0.05) is 6.92 Å². The van der Waals surface area contributed by atoms with E-state index in [0.717, 1.165) is 29.7 Å². The smallest absolute Gasteiger partial charge is 0.263 e. The Labute approximate surface area is 183 Å². The van der Waals surface area contributed by atoms with Gasteiger partial charge in [-0.2, -0.15) is 5.10 Å². The maximum Gasteiger partial charge on any atom is 0.263 e. The number of aromatic nitrogens is 2. The van der Waals surface area contributed by atoms with E-state index in [2.05, 4.69) is 22.4 Å². The lowest BCUT2D eigenvalue weighted by molar-refractivity contribution is -0.123. The lowest BCUT2D eigenvalue weighted by atomic mass is 9.89. The molecule has 3 aromatic rings. The SMILES string of the molecule is COc1cc(/C=N/NC(=O)[C@@H](C)n2cnc3sc4c(c3c2=O)CC[C@@H](C)C4)ccc1O. The average Bonchev–Trinajstić information content (AvgIpc) is 3.12. The van der Waals surface area contributed by atoms with E-state index in [1.54, 1.807) is 30.4 Å². The fraction of sp³-hybridized carbons (Fsp3) is 0.364. The molecule has 0 aliphatic heterocycles. The summed E-state index contributed by atoms with van der Waals surface area (Å²) in [6.07, 6.45) is 5.78. The van der Waals surface area contributed by atoms with E-state index in [0.29, 0.717) is 22.6 Å². The van der Waals surface area contributed by atoms with Gasteiger partial charge >= 0.3 is 0 Å². The number of benzene rings is 1. The van der Waals surface area contributed by atoms with Gasteiger partial charge in [-0.3, -0.25) is 14.2 Å². The third-order valence-electron chi connectivity index (χ3n) is 5.63. The van der Waals surface area contributed by atoms with Gasteiger partial charge in [-0.25, -0.2) is 10.4 Å². The number of rotatable bonds is 5. The van der Waals surface area contributed by atoms with Crippen molar-refractivity contribution < 1.29 is 14.6 Å². The Kier molecular flexibility index (Phi) is 5.77. The number of phenols is 1. The summed E-state index contributed by atoms with van der Waals surface area (Å²) in [6.45, 7) is 3.87. The molecule has 1 amide bonds. The summed E-state index contributed by atoms with van der Waals surface area (Å²) in [5.74, 6) is 0.509. The Morgan fingerprint density at radius 3 is 3.06 bits per heavy atom. The number of nitrogens with one attached hydrogen (secondary N) is 1. The number of amides is 1. The first kappa shape index (κ1) is 21.0. The topological polar surface area (TPSA) is 106 Å². The van der Waals surface area contributed by atoms with Gasteiger partial charge in [-0.05, 0) is 61.4 Å². The lowest BCUT2D eigenvalue weighted by Gasteiger charge is -2.18. The van der Waals surface area contributed by atoms with Crippen molar-refractivity contribution in [1.29, 1.82) is 0 Å². The molecule has 0 radical (unpaired) electrons. The Morgan fingerprint density at radius 2 is 2.29 bits per heavy atom.